The van der Waals surface area contributed by atoms with Gasteiger partial charge in [-0.05, 0) is 29.7 Å². The van der Waals surface area contributed by atoms with Crippen LogP contribution >= 0.6 is 23.2 Å². The fourth-order valence-corrected chi connectivity index (χ4v) is 3.05. The summed E-state index contributed by atoms with van der Waals surface area (Å²) in [7, 11) is -3.63. The van der Waals surface area contributed by atoms with E-state index in [-0.39, 0.29) is 10.7 Å². The van der Waals surface area contributed by atoms with Gasteiger partial charge in [-0.25, -0.2) is 18.1 Å². The molecule has 0 aliphatic carbocycles. The summed E-state index contributed by atoms with van der Waals surface area (Å²) in [5, 5.41) is 1.99. The van der Waals surface area contributed by atoms with Crippen molar-refractivity contribution in [3.05, 3.63) is 58.5 Å². The molecule has 2 aromatic heterocycles. The molecule has 0 bridgehead atoms. The van der Waals surface area contributed by atoms with Crippen molar-refractivity contribution < 1.29 is 13.2 Å². The van der Waals surface area contributed by atoms with Crippen molar-refractivity contribution in [1.29, 1.82) is 0 Å². The summed E-state index contributed by atoms with van der Waals surface area (Å²) in [5.41, 5.74) is 1.52. The van der Waals surface area contributed by atoms with Gasteiger partial charge in [-0.15, -0.1) is 0 Å². The highest BCUT2D eigenvalue weighted by atomic mass is 35.5. The molecule has 0 aliphatic heterocycles. The molecule has 3 rings (SSSR count). The number of hydrogen-bond donors (Lipinski definition) is 1. The number of pyridine rings is 2. The Morgan fingerprint density at radius 2 is 1.88 bits per heavy atom. The van der Waals surface area contributed by atoms with Gasteiger partial charge in [0, 0.05) is 28.9 Å². The van der Waals surface area contributed by atoms with Crippen molar-refractivity contribution >= 4 is 49.9 Å². The lowest BCUT2D eigenvalue weighted by Crippen LogP contribution is -2.29. The maximum absolute atomic E-state index is 12.0. The molecule has 0 fully saturated rings. The minimum Gasteiger partial charge on any atom is -0.268 e. The van der Waals surface area contributed by atoms with Gasteiger partial charge in [0.2, 0.25) is 10.0 Å². The molecule has 0 atom stereocenters. The Morgan fingerprint density at radius 3 is 2.56 bits per heavy atom. The Balaban J connectivity index is 2.09. The van der Waals surface area contributed by atoms with Crippen LogP contribution in [0.3, 0.4) is 0 Å². The largest absolute Gasteiger partial charge is 0.268 e. The Morgan fingerprint density at radius 1 is 1.12 bits per heavy atom. The second-order valence-corrected chi connectivity index (χ2v) is 7.81. The van der Waals surface area contributed by atoms with Crippen LogP contribution in [-0.4, -0.2) is 30.5 Å². The summed E-state index contributed by atoms with van der Waals surface area (Å²) in [5.74, 6) is -0.695. The summed E-state index contributed by atoms with van der Waals surface area (Å²) in [6.07, 6.45) is 4.06. The highest BCUT2D eigenvalue weighted by molar-refractivity contribution is 7.89. The summed E-state index contributed by atoms with van der Waals surface area (Å²) in [4.78, 5) is 20.3. The van der Waals surface area contributed by atoms with E-state index in [4.69, 9.17) is 23.2 Å². The third-order valence-corrected chi connectivity index (χ3v) is 4.62. The maximum atomic E-state index is 12.0. The maximum Gasteiger partial charge on any atom is 0.264 e. The van der Waals surface area contributed by atoms with Gasteiger partial charge in [0.25, 0.3) is 5.91 Å². The summed E-state index contributed by atoms with van der Waals surface area (Å²) >= 11 is 11.8. The van der Waals surface area contributed by atoms with Crippen molar-refractivity contribution in [3.8, 4) is 11.3 Å². The molecule has 3 aromatic rings. The quantitative estimate of drug-likeness (QED) is 0.687. The molecule has 2 heterocycles. The van der Waals surface area contributed by atoms with Crippen molar-refractivity contribution in [2.24, 2.45) is 0 Å². The number of amides is 1. The molecular formula is C16H11Cl2N3O3S. The molecule has 9 heteroatoms. The number of benzene rings is 1. The number of nitrogens with zero attached hydrogens (tertiary/aromatic N) is 2. The summed E-state index contributed by atoms with van der Waals surface area (Å²) in [6, 6.07) is 8.19. The number of fused-ring (bicyclic) bond motifs is 1. The highest BCUT2D eigenvalue weighted by Crippen LogP contribution is 2.30. The van der Waals surface area contributed by atoms with E-state index in [1.165, 1.54) is 6.07 Å². The van der Waals surface area contributed by atoms with E-state index in [2.05, 4.69) is 9.97 Å². The predicted octanol–water partition coefficient (Wildman–Crippen LogP) is 3.29. The molecule has 1 aromatic carbocycles. The van der Waals surface area contributed by atoms with Crippen LogP contribution in [0.4, 0.5) is 0 Å². The van der Waals surface area contributed by atoms with Crippen molar-refractivity contribution in [2.45, 2.75) is 0 Å². The predicted molar refractivity (Wildman–Crippen MR) is 97.3 cm³/mol. The normalized spacial score (nSPS) is 11.5. The Hall–Kier alpha value is -2.22. The molecule has 25 heavy (non-hydrogen) atoms. The van der Waals surface area contributed by atoms with E-state index < -0.39 is 15.9 Å². The number of nitrogens with one attached hydrogen (secondary N) is 1. The number of rotatable bonds is 3. The zero-order valence-corrected chi connectivity index (χ0v) is 15.2. The van der Waals surface area contributed by atoms with Crippen molar-refractivity contribution in [1.82, 2.24) is 14.7 Å². The average Bonchev–Trinajstić information content (AvgIpc) is 2.55. The topological polar surface area (TPSA) is 89.0 Å². The van der Waals surface area contributed by atoms with Gasteiger partial charge in [0.05, 0.1) is 17.0 Å². The molecule has 0 aliphatic rings. The minimum atomic E-state index is -3.63. The van der Waals surface area contributed by atoms with E-state index in [0.29, 0.717) is 16.3 Å². The van der Waals surface area contributed by atoms with Gasteiger partial charge in [0.15, 0.2) is 0 Å². The van der Waals surface area contributed by atoms with E-state index >= 15 is 0 Å². The highest BCUT2D eigenvalue weighted by Gasteiger charge is 2.13. The standard InChI is InChI=1S/C16H11Cl2N3O3S/c1-25(23,24)21-16(22)10-2-3-12-9(6-10)4-5-19-14(12)11-7-13(17)15(18)20-8-11/h2-8H,1H3,(H,21,22). The van der Waals surface area contributed by atoms with Gasteiger partial charge in [-0.3, -0.25) is 9.78 Å². The number of hydrogen-bond acceptors (Lipinski definition) is 5. The molecular weight excluding hydrogens is 385 g/mol. The van der Waals surface area contributed by atoms with Crippen LogP contribution in [0.25, 0.3) is 22.0 Å². The first-order valence-electron chi connectivity index (χ1n) is 6.97. The monoisotopic (exact) mass is 395 g/mol. The average molecular weight is 396 g/mol. The smallest absolute Gasteiger partial charge is 0.264 e. The minimum absolute atomic E-state index is 0.199. The SMILES string of the molecule is CS(=O)(=O)NC(=O)c1ccc2c(-c3cnc(Cl)c(Cl)c3)nccc2c1. The molecule has 0 saturated heterocycles. The van der Waals surface area contributed by atoms with E-state index in [0.717, 1.165) is 17.0 Å². The molecule has 0 unspecified atom stereocenters. The molecule has 1 N–H and O–H groups in total. The second-order valence-electron chi connectivity index (χ2n) is 5.30. The molecule has 128 valence electrons. The van der Waals surface area contributed by atoms with Crippen molar-refractivity contribution in [2.75, 3.05) is 6.26 Å². The van der Waals surface area contributed by atoms with Crippen molar-refractivity contribution in [3.63, 3.8) is 0 Å². The zero-order valence-electron chi connectivity index (χ0n) is 12.8. The molecule has 0 saturated carbocycles. The Labute approximate surface area is 153 Å². The number of halogens is 2. The van der Waals surface area contributed by atoms with Crippen LogP contribution < -0.4 is 4.72 Å². The summed E-state index contributed by atoms with van der Waals surface area (Å²) in [6.45, 7) is 0. The van der Waals surface area contributed by atoms with Gasteiger partial charge in [-0.2, -0.15) is 0 Å². The lowest BCUT2D eigenvalue weighted by Gasteiger charge is -2.08. The van der Waals surface area contributed by atoms with Crippen LogP contribution in [0.5, 0.6) is 0 Å². The fourth-order valence-electron chi connectivity index (χ4n) is 2.33. The number of carbonyl (C=O) groups is 1. The second kappa shape index (κ2) is 6.59. The van der Waals surface area contributed by atoms with Crippen LogP contribution in [-0.2, 0) is 10.0 Å². The lowest BCUT2D eigenvalue weighted by molar-refractivity contribution is 0.0982. The van der Waals surface area contributed by atoms with E-state index in [9.17, 15) is 13.2 Å². The van der Waals surface area contributed by atoms with E-state index in [1.807, 2.05) is 4.72 Å². The Kier molecular flexibility index (Phi) is 4.64. The summed E-state index contributed by atoms with van der Waals surface area (Å²) < 4.78 is 24.3. The van der Waals surface area contributed by atoms with Crippen LogP contribution in [0.2, 0.25) is 10.2 Å². The third kappa shape index (κ3) is 3.89. The molecule has 1 amide bonds. The zero-order chi connectivity index (χ0) is 18.2. The third-order valence-electron chi connectivity index (χ3n) is 3.37. The number of sulfonamides is 1. The van der Waals surface area contributed by atoms with Crippen LogP contribution in [0.1, 0.15) is 10.4 Å². The molecule has 6 nitrogen and oxygen atoms in total. The van der Waals surface area contributed by atoms with Gasteiger partial charge < -0.3 is 0 Å². The molecule has 0 spiro atoms. The first kappa shape index (κ1) is 17.6. The first-order valence-corrected chi connectivity index (χ1v) is 9.61. The van der Waals surface area contributed by atoms with Gasteiger partial charge in [-0.1, -0.05) is 29.3 Å². The first-order chi connectivity index (χ1) is 11.7. The molecule has 0 radical (unpaired) electrons. The number of aromatic nitrogens is 2. The van der Waals surface area contributed by atoms with Gasteiger partial charge in [0.1, 0.15) is 5.15 Å². The fraction of sp³-hybridized carbons (Fsp3) is 0.0625. The number of carbonyl (C=O) groups excluding carboxylic acids is 1. The lowest BCUT2D eigenvalue weighted by atomic mass is 10.0. The Bertz CT molecular complexity index is 1100. The van der Waals surface area contributed by atoms with E-state index in [1.54, 1.807) is 36.7 Å². The van der Waals surface area contributed by atoms with Crippen LogP contribution in [0, 0.1) is 0 Å². The van der Waals surface area contributed by atoms with Gasteiger partial charge >= 0.3 is 0 Å². The van der Waals surface area contributed by atoms with Crippen LogP contribution in [0.15, 0.2) is 42.7 Å².